The highest BCUT2D eigenvalue weighted by Crippen LogP contribution is 1.81. The Morgan fingerprint density at radius 2 is 2.43 bits per heavy atom. The highest BCUT2D eigenvalue weighted by Gasteiger charge is 1.92. The molecule has 0 radical (unpaired) electrons. The SMILES string of the molecule is NCCC(O)C=S. The zero-order valence-electron chi connectivity index (χ0n) is 4.00. The Hall–Kier alpha value is 0.01000. The molecular weight excluding hydrogens is 110 g/mol. The van der Waals surface area contributed by atoms with Gasteiger partial charge in [0.15, 0.2) is 0 Å². The summed E-state index contributed by atoms with van der Waals surface area (Å²) in [6, 6.07) is 0. The van der Waals surface area contributed by atoms with Crippen molar-refractivity contribution >= 4 is 17.6 Å². The minimum absolute atomic E-state index is 0.486. The molecule has 0 aliphatic heterocycles. The molecule has 0 heterocycles. The lowest BCUT2D eigenvalue weighted by Gasteiger charge is -1.96. The first-order valence-electron chi connectivity index (χ1n) is 2.14. The number of nitrogens with two attached hydrogens (primary N) is 1. The van der Waals surface area contributed by atoms with Gasteiger partial charge in [-0.2, -0.15) is 0 Å². The largest absolute Gasteiger partial charge is 0.388 e. The van der Waals surface area contributed by atoms with E-state index in [2.05, 4.69) is 12.2 Å². The maximum Gasteiger partial charge on any atom is 0.0834 e. The number of rotatable bonds is 3. The van der Waals surface area contributed by atoms with E-state index in [0.29, 0.717) is 13.0 Å². The first-order chi connectivity index (χ1) is 3.31. The Kier molecular flexibility index (Phi) is 4.18. The molecule has 0 fully saturated rings. The van der Waals surface area contributed by atoms with Crippen LogP contribution in [0, 0.1) is 0 Å². The zero-order valence-corrected chi connectivity index (χ0v) is 4.82. The molecule has 0 aliphatic rings. The summed E-state index contributed by atoms with van der Waals surface area (Å²) in [5, 5.41) is 9.93. The summed E-state index contributed by atoms with van der Waals surface area (Å²) in [5.74, 6) is 0. The molecule has 0 spiro atoms. The fourth-order valence-corrected chi connectivity index (χ4v) is 0.375. The van der Waals surface area contributed by atoms with Crippen LogP contribution in [0.25, 0.3) is 0 Å². The van der Waals surface area contributed by atoms with Gasteiger partial charge in [0.05, 0.1) is 6.10 Å². The second-order valence-corrected chi connectivity index (χ2v) is 1.55. The van der Waals surface area contributed by atoms with E-state index in [1.165, 1.54) is 5.37 Å². The van der Waals surface area contributed by atoms with E-state index >= 15 is 0 Å². The Morgan fingerprint density at radius 3 is 2.57 bits per heavy atom. The van der Waals surface area contributed by atoms with Crippen LogP contribution in [0.1, 0.15) is 6.42 Å². The smallest absolute Gasteiger partial charge is 0.0834 e. The van der Waals surface area contributed by atoms with E-state index in [-0.39, 0.29) is 0 Å². The van der Waals surface area contributed by atoms with Crippen LogP contribution >= 0.6 is 12.2 Å². The molecule has 7 heavy (non-hydrogen) atoms. The Bertz CT molecular complexity index is 57.7. The molecule has 2 nitrogen and oxygen atoms in total. The van der Waals surface area contributed by atoms with E-state index in [9.17, 15) is 0 Å². The van der Waals surface area contributed by atoms with Crippen LogP contribution in [-0.2, 0) is 0 Å². The summed E-state index contributed by atoms with van der Waals surface area (Å²) in [6.07, 6.45) is 0.0868. The van der Waals surface area contributed by atoms with Crippen LogP contribution in [0.4, 0.5) is 0 Å². The monoisotopic (exact) mass is 119 g/mol. The van der Waals surface area contributed by atoms with Gasteiger partial charge in [0.25, 0.3) is 0 Å². The summed E-state index contributed by atoms with van der Waals surface area (Å²) in [6.45, 7) is 0.494. The second-order valence-electron chi connectivity index (χ2n) is 1.28. The van der Waals surface area contributed by atoms with Gasteiger partial charge in [0, 0.05) is 5.37 Å². The third-order valence-corrected chi connectivity index (χ3v) is 0.934. The summed E-state index contributed by atoms with van der Waals surface area (Å²) in [5.41, 5.74) is 5.08. The van der Waals surface area contributed by atoms with Gasteiger partial charge in [-0.1, -0.05) is 12.2 Å². The van der Waals surface area contributed by atoms with E-state index in [0.717, 1.165) is 0 Å². The normalized spacial score (nSPS) is 13.4. The predicted octanol–water partition coefficient (Wildman–Crippen LogP) is -0.304. The van der Waals surface area contributed by atoms with E-state index in [1.54, 1.807) is 0 Å². The maximum atomic E-state index is 8.62. The van der Waals surface area contributed by atoms with Crippen LogP contribution in [0.5, 0.6) is 0 Å². The van der Waals surface area contributed by atoms with Gasteiger partial charge in [-0.05, 0) is 13.0 Å². The highest BCUT2D eigenvalue weighted by molar-refractivity contribution is 7.79. The molecule has 0 saturated heterocycles. The Morgan fingerprint density at radius 1 is 1.86 bits per heavy atom. The minimum atomic E-state index is -0.486. The maximum absolute atomic E-state index is 8.62. The third kappa shape index (κ3) is 3.85. The first-order valence-corrected chi connectivity index (χ1v) is 2.62. The fraction of sp³-hybridized carbons (Fsp3) is 0.750. The summed E-state index contributed by atoms with van der Waals surface area (Å²) < 4.78 is 0. The number of aliphatic hydroxyl groups excluding tert-OH is 1. The topological polar surface area (TPSA) is 46.2 Å². The number of hydrogen-bond donors (Lipinski definition) is 2. The van der Waals surface area contributed by atoms with Crippen molar-refractivity contribution in [3.63, 3.8) is 0 Å². The van der Waals surface area contributed by atoms with Gasteiger partial charge < -0.3 is 10.8 Å². The van der Waals surface area contributed by atoms with Crippen molar-refractivity contribution in [2.24, 2.45) is 5.73 Å². The third-order valence-electron chi connectivity index (χ3n) is 0.620. The molecule has 0 aromatic heterocycles. The van der Waals surface area contributed by atoms with Gasteiger partial charge in [-0.3, -0.25) is 0 Å². The number of thiocarbonyl (C=S) groups is 1. The van der Waals surface area contributed by atoms with Crippen LogP contribution in [-0.4, -0.2) is 23.1 Å². The van der Waals surface area contributed by atoms with Crippen molar-refractivity contribution in [1.29, 1.82) is 0 Å². The number of hydrogen-bond acceptors (Lipinski definition) is 3. The zero-order chi connectivity index (χ0) is 5.70. The van der Waals surface area contributed by atoms with Crippen LogP contribution < -0.4 is 5.73 Å². The molecule has 3 N–H and O–H groups in total. The lowest BCUT2D eigenvalue weighted by Crippen LogP contribution is -2.12. The average Bonchev–Trinajstić information content (AvgIpc) is 1.68. The lowest BCUT2D eigenvalue weighted by atomic mass is 10.3. The fourth-order valence-electron chi connectivity index (χ4n) is 0.239. The Balaban J connectivity index is 2.98. The molecule has 0 aromatic rings. The number of aliphatic hydroxyl groups is 1. The molecule has 1 unspecified atom stereocenters. The van der Waals surface area contributed by atoms with E-state index in [1.807, 2.05) is 0 Å². The van der Waals surface area contributed by atoms with Crippen LogP contribution in [0.3, 0.4) is 0 Å². The summed E-state index contributed by atoms with van der Waals surface area (Å²) >= 11 is 4.41. The molecule has 0 saturated carbocycles. The summed E-state index contributed by atoms with van der Waals surface area (Å²) in [4.78, 5) is 0. The average molecular weight is 119 g/mol. The quantitative estimate of drug-likeness (QED) is 0.501. The van der Waals surface area contributed by atoms with E-state index in [4.69, 9.17) is 10.8 Å². The summed E-state index contributed by atoms with van der Waals surface area (Å²) in [7, 11) is 0. The van der Waals surface area contributed by atoms with Crippen molar-refractivity contribution in [2.75, 3.05) is 6.54 Å². The molecule has 0 aromatic carbocycles. The molecule has 0 rings (SSSR count). The van der Waals surface area contributed by atoms with Gasteiger partial charge in [0.2, 0.25) is 0 Å². The van der Waals surface area contributed by atoms with Gasteiger partial charge in [-0.25, -0.2) is 0 Å². The second kappa shape index (κ2) is 4.18. The van der Waals surface area contributed by atoms with Gasteiger partial charge in [-0.15, -0.1) is 0 Å². The molecule has 3 heteroatoms. The van der Waals surface area contributed by atoms with Crippen molar-refractivity contribution < 1.29 is 5.11 Å². The van der Waals surface area contributed by atoms with Crippen molar-refractivity contribution in [3.8, 4) is 0 Å². The predicted molar refractivity (Wildman–Crippen MR) is 33.3 cm³/mol. The molecule has 0 amide bonds. The highest BCUT2D eigenvalue weighted by atomic mass is 32.1. The first kappa shape index (κ1) is 7.01. The van der Waals surface area contributed by atoms with Crippen molar-refractivity contribution in [3.05, 3.63) is 0 Å². The van der Waals surface area contributed by atoms with E-state index < -0.39 is 6.10 Å². The molecule has 0 bridgehead atoms. The van der Waals surface area contributed by atoms with Crippen molar-refractivity contribution in [1.82, 2.24) is 0 Å². The molecule has 1 atom stereocenters. The van der Waals surface area contributed by atoms with Crippen LogP contribution in [0.2, 0.25) is 0 Å². The molecule has 0 aliphatic carbocycles. The lowest BCUT2D eigenvalue weighted by molar-refractivity contribution is 0.241. The Labute approximate surface area is 48.3 Å². The molecule has 42 valence electrons. The van der Waals surface area contributed by atoms with Crippen LogP contribution in [0.15, 0.2) is 0 Å². The standard InChI is InChI=1S/C4H9NOS/c5-2-1-4(6)3-7/h3-4,6H,1-2,5H2. The molecular formula is C4H9NOS. The van der Waals surface area contributed by atoms with Gasteiger partial charge in [0.1, 0.15) is 0 Å². The van der Waals surface area contributed by atoms with Gasteiger partial charge >= 0.3 is 0 Å². The minimum Gasteiger partial charge on any atom is -0.388 e. The van der Waals surface area contributed by atoms with Crippen molar-refractivity contribution in [2.45, 2.75) is 12.5 Å².